The molecule has 2 amide bonds. The van der Waals surface area contributed by atoms with Gasteiger partial charge in [0.1, 0.15) is 10.8 Å². The fourth-order valence-electron chi connectivity index (χ4n) is 5.16. The van der Waals surface area contributed by atoms with Crippen molar-refractivity contribution >= 4 is 67.8 Å². The Morgan fingerprint density at radius 2 is 2.05 bits per heavy atom. The highest BCUT2D eigenvalue weighted by atomic mass is 35.5. The summed E-state index contributed by atoms with van der Waals surface area (Å²) < 4.78 is 21.9. The Balaban J connectivity index is 1.33. The molecule has 4 aromatic rings. The summed E-state index contributed by atoms with van der Waals surface area (Å²) in [5.41, 5.74) is 0.710. The molecule has 1 fully saturated rings. The van der Waals surface area contributed by atoms with Gasteiger partial charge < -0.3 is 20.1 Å². The van der Waals surface area contributed by atoms with Gasteiger partial charge in [0.15, 0.2) is 0 Å². The van der Waals surface area contributed by atoms with E-state index in [-0.39, 0.29) is 47.1 Å². The number of carbonyl (C=O) groups is 3. The lowest BCUT2D eigenvalue weighted by Gasteiger charge is -2.29. The smallest absolute Gasteiger partial charge is 0.303 e. The molecule has 2 aromatic heterocycles. The quantitative estimate of drug-likeness (QED) is 0.190. The summed E-state index contributed by atoms with van der Waals surface area (Å²) in [6.07, 6.45) is 3.17. The van der Waals surface area contributed by atoms with Crippen molar-refractivity contribution in [1.82, 2.24) is 9.88 Å². The van der Waals surface area contributed by atoms with Crippen molar-refractivity contribution in [3.8, 4) is 0 Å². The van der Waals surface area contributed by atoms with E-state index in [9.17, 15) is 14.4 Å². The average molecular weight is 630 g/mol. The van der Waals surface area contributed by atoms with Crippen molar-refractivity contribution in [3.05, 3.63) is 79.8 Å². The lowest BCUT2D eigenvalue weighted by Crippen LogP contribution is -2.40. The van der Waals surface area contributed by atoms with Crippen molar-refractivity contribution < 1.29 is 28.6 Å². The average Bonchev–Trinajstić information content (AvgIpc) is 3.71. The molecule has 0 unspecified atom stereocenters. The number of halogens is 2. The molecule has 8 nitrogen and oxygen atoms in total. The highest BCUT2D eigenvalue weighted by Gasteiger charge is 2.39. The van der Waals surface area contributed by atoms with Crippen LogP contribution in [0.3, 0.4) is 0 Å². The second-order valence-corrected chi connectivity index (χ2v) is 12.4. The number of thiazole rings is 1. The molecule has 1 aliphatic rings. The Morgan fingerprint density at radius 1 is 1.24 bits per heavy atom. The standard InChI is InChI=1S/C30H29ClFN3O5S2/c1-2-40-15-18-7-9-25(30-33-14-19(42-30)8-10-28(37)38)35(18)27(36)12-17-11-22(31)24(13-23(17)32)34-29(39)21-16-41-26-6-4-3-5-20(21)26/h3-6,11,13-14,16,18,25H,2,7-10,12,15H2,1H3,(H,34,39)(H,37,38)/t18-,25-/m0/s1. The van der Waals surface area contributed by atoms with Crippen LogP contribution in [-0.2, 0) is 27.2 Å². The minimum absolute atomic E-state index is 0.00223. The summed E-state index contributed by atoms with van der Waals surface area (Å²) in [6, 6.07) is 9.53. The maximum Gasteiger partial charge on any atom is 0.303 e. The maximum absolute atomic E-state index is 15.3. The minimum atomic E-state index is -0.884. The van der Waals surface area contributed by atoms with Gasteiger partial charge in [-0.3, -0.25) is 14.4 Å². The topological polar surface area (TPSA) is 109 Å². The third-order valence-electron chi connectivity index (χ3n) is 7.20. The van der Waals surface area contributed by atoms with E-state index >= 15 is 4.39 Å². The van der Waals surface area contributed by atoms with E-state index < -0.39 is 17.7 Å². The summed E-state index contributed by atoms with van der Waals surface area (Å²) in [5, 5.41) is 15.1. The lowest BCUT2D eigenvalue weighted by atomic mass is 10.1. The number of fused-ring (bicyclic) bond motifs is 1. The summed E-state index contributed by atoms with van der Waals surface area (Å²) in [4.78, 5) is 44.7. The van der Waals surface area contributed by atoms with Crippen molar-refractivity contribution in [2.75, 3.05) is 18.5 Å². The monoisotopic (exact) mass is 629 g/mol. The number of thiophene rings is 1. The van der Waals surface area contributed by atoms with Gasteiger partial charge in [0.05, 0.1) is 47.8 Å². The molecule has 42 heavy (non-hydrogen) atoms. The minimum Gasteiger partial charge on any atom is -0.481 e. The van der Waals surface area contributed by atoms with Gasteiger partial charge in [0.2, 0.25) is 5.91 Å². The van der Waals surface area contributed by atoms with E-state index in [1.54, 1.807) is 16.5 Å². The number of anilines is 1. The van der Waals surface area contributed by atoms with Gasteiger partial charge in [0.25, 0.3) is 5.91 Å². The third kappa shape index (κ3) is 6.64. The number of hydrogen-bond acceptors (Lipinski definition) is 7. The lowest BCUT2D eigenvalue weighted by molar-refractivity contribution is -0.137. The molecule has 2 atom stereocenters. The predicted molar refractivity (Wildman–Crippen MR) is 162 cm³/mol. The van der Waals surface area contributed by atoms with Crippen LogP contribution >= 0.6 is 34.3 Å². The summed E-state index contributed by atoms with van der Waals surface area (Å²) >= 11 is 9.31. The first kappa shape index (κ1) is 30.1. The Kier molecular flexibility index (Phi) is 9.52. The highest BCUT2D eigenvalue weighted by Crippen LogP contribution is 2.39. The van der Waals surface area contributed by atoms with E-state index in [0.717, 1.165) is 26.0 Å². The number of aryl methyl sites for hydroxylation is 1. The first-order valence-electron chi connectivity index (χ1n) is 13.6. The highest BCUT2D eigenvalue weighted by molar-refractivity contribution is 7.17. The normalized spacial score (nSPS) is 16.7. The van der Waals surface area contributed by atoms with Crippen LogP contribution < -0.4 is 5.32 Å². The molecule has 0 radical (unpaired) electrons. The van der Waals surface area contributed by atoms with Crippen LogP contribution in [0.1, 0.15) is 58.0 Å². The van der Waals surface area contributed by atoms with E-state index in [2.05, 4.69) is 10.3 Å². The number of carboxylic acids is 1. The molecule has 0 bridgehead atoms. The summed E-state index contributed by atoms with van der Waals surface area (Å²) in [5.74, 6) is -2.23. The summed E-state index contributed by atoms with van der Waals surface area (Å²) in [6.45, 7) is 2.73. The van der Waals surface area contributed by atoms with Crippen molar-refractivity contribution in [2.24, 2.45) is 0 Å². The Hall–Kier alpha value is -3.38. The van der Waals surface area contributed by atoms with E-state index in [4.69, 9.17) is 21.4 Å². The molecular weight excluding hydrogens is 601 g/mol. The Labute approximate surface area is 255 Å². The molecule has 1 saturated heterocycles. The fourth-order valence-corrected chi connectivity index (χ4v) is 7.38. The predicted octanol–water partition coefficient (Wildman–Crippen LogP) is 6.73. The van der Waals surface area contributed by atoms with E-state index in [1.165, 1.54) is 28.7 Å². The summed E-state index contributed by atoms with van der Waals surface area (Å²) in [7, 11) is 0. The largest absolute Gasteiger partial charge is 0.481 e. The number of ether oxygens (including phenoxy) is 1. The molecular formula is C30H29ClFN3O5S2. The van der Waals surface area contributed by atoms with Gasteiger partial charge in [0, 0.05) is 33.1 Å². The second kappa shape index (κ2) is 13.3. The van der Waals surface area contributed by atoms with Gasteiger partial charge in [-0.1, -0.05) is 29.8 Å². The zero-order chi connectivity index (χ0) is 29.8. The number of aromatic nitrogens is 1. The van der Waals surface area contributed by atoms with Crippen molar-refractivity contribution in [2.45, 2.75) is 51.1 Å². The molecule has 220 valence electrons. The molecule has 2 aromatic carbocycles. The maximum atomic E-state index is 15.3. The number of carboxylic acid groups (broad SMARTS) is 1. The SMILES string of the molecule is CCOC[C@@H]1CC[C@@H](c2ncc(CCC(=O)O)s2)N1C(=O)Cc1cc(Cl)c(NC(=O)c2csc3ccccc23)cc1F. The van der Waals surface area contributed by atoms with Gasteiger partial charge in [-0.25, -0.2) is 9.37 Å². The van der Waals surface area contributed by atoms with Crippen LogP contribution in [0, 0.1) is 5.82 Å². The molecule has 1 aliphatic heterocycles. The van der Waals surface area contributed by atoms with Crippen LogP contribution in [0.4, 0.5) is 10.1 Å². The Bertz CT molecular complexity index is 1620. The molecule has 0 aliphatic carbocycles. The van der Waals surface area contributed by atoms with Crippen molar-refractivity contribution in [3.63, 3.8) is 0 Å². The zero-order valence-corrected chi connectivity index (χ0v) is 25.2. The van der Waals surface area contributed by atoms with Crippen LogP contribution in [0.5, 0.6) is 0 Å². The van der Waals surface area contributed by atoms with Crippen LogP contribution in [0.15, 0.2) is 48.0 Å². The number of nitrogens with one attached hydrogen (secondary N) is 1. The molecule has 5 rings (SSSR count). The second-order valence-electron chi connectivity index (χ2n) is 9.97. The number of aliphatic carboxylic acids is 1. The first-order valence-corrected chi connectivity index (χ1v) is 15.6. The van der Waals surface area contributed by atoms with E-state index in [0.29, 0.717) is 38.0 Å². The number of benzene rings is 2. The first-order chi connectivity index (χ1) is 20.2. The van der Waals surface area contributed by atoms with Gasteiger partial charge in [-0.2, -0.15) is 0 Å². The number of hydrogen-bond donors (Lipinski definition) is 2. The van der Waals surface area contributed by atoms with Gasteiger partial charge in [-0.15, -0.1) is 22.7 Å². The number of amides is 2. The molecule has 0 saturated carbocycles. The van der Waals surface area contributed by atoms with Crippen LogP contribution in [-0.4, -0.2) is 52.0 Å². The number of rotatable bonds is 11. The Morgan fingerprint density at radius 3 is 2.83 bits per heavy atom. The molecule has 3 heterocycles. The molecule has 0 spiro atoms. The molecule has 2 N–H and O–H groups in total. The van der Waals surface area contributed by atoms with Gasteiger partial charge >= 0.3 is 5.97 Å². The zero-order valence-electron chi connectivity index (χ0n) is 22.8. The number of likely N-dealkylation sites (tertiary alicyclic amines) is 1. The van der Waals surface area contributed by atoms with Crippen LogP contribution in [0.25, 0.3) is 10.1 Å². The number of nitrogens with zero attached hydrogens (tertiary/aromatic N) is 2. The third-order valence-corrected chi connectivity index (χ3v) is 9.63. The molecule has 12 heteroatoms. The number of carbonyl (C=O) groups excluding carboxylic acids is 2. The van der Waals surface area contributed by atoms with Crippen LogP contribution in [0.2, 0.25) is 5.02 Å². The van der Waals surface area contributed by atoms with Gasteiger partial charge in [-0.05, 0) is 49.9 Å². The fraction of sp³-hybridized carbons (Fsp3) is 0.333. The van der Waals surface area contributed by atoms with Crippen molar-refractivity contribution in [1.29, 1.82) is 0 Å². The van der Waals surface area contributed by atoms with E-state index in [1.807, 2.05) is 31.2 Å².